The van der Waals surface area contributed by atoms with E-state index < -0.39 is 51.8 Å². The van der Waals surface area contributed by atoms with Crippen molar-refractivity contribution in [2.75, 3.05) is 26.4 Å². The summed E-state index contributed by atoms with van der Waals surface area (Å²) in [5.41, 5.74) is 0. The summed E-state index contributed by atoms with van der Waals surface area (Å²) in [6, 6.07) is 0. The first-order valence-corrected chi connectivity index (χ1v) is 18.4. The minimum Gasteiger partial charge on any atom is -0.462 e. The normalized spacial score (nSPS) is 15.1. The van der Waals surface area contributed by atoms with Crippen LogP contribution in [0.25, 0.3) is 0 Å². The minimum absolute atomic E-state index is 0.0556. The van der Waals surface area contributed by atoms with E-state index in [0.717, 1.165) is 64.2 Å². The van der Waals surface area contributed by atoms with E-state index in [-0.39, 0.29) is 19.4 Å². The smallest absolute Gasteiger partial charge is 0.462 e. The van der Waals surface area contributed by atoms with Crippen molar-refractivity contribution in [3.63, 3.8) is 0 Å². The third-order valence-corrected chi connectivity index (χ3v) is 7.34. The molecule has 0 bridgehead atoms. The molecule has 0 spiro atoms. The molecule has 11 heteroatoms. The predicted octanol–water partition coefficient (Wildman–Crippen LogP) is 7.77. The van der Waals surface area contributed by atoms with Gasteiger partial charge in [0.15, 0.2) is 6.10 Å². The Labute approximate surface area is 282 Å². The SMILES string of the molecule is CC/C=C\C/C=C\C/C=C\C/C=C\C/C=C\C/C=C\CCC(=O)OC(COC(=O)CCCCCCC)COP(=O)(O)OCC(O)CO. The van der Waals surface area contributed by atoms with Gasteiger partial charge in [-0.1, -0.05) is 112 Å². The molecular weight excluding hydrogens is 623 g/mol. The fourth-order valence-corrected chi connectivity index (χ4v) is 4.57. The van der Waals surface area contributed by atoms with Gasteiger partial charge in [-0.05, 0) is 51.4 Å². The molecule has 0 heterocycles. The maximum Gasteiger partial charge on any atom is 0.472 e. The highest BCUT2D eigenvalue weighted by Crippen LogP contribution is 2.43. The third kappa shape index (κ3) is 31.8. The van der Waals surface area contributed by atoms with E-state index in [0.29, 0.717) is 12.8 Å². The Hall–Kier alpha value is -2.59. The average Bonchev–Trinajstić information content (AvgIpc) is 3.05. The van der Waals surface area contributed by atoms with E-state index in [1.165, 1.54) is 0 Å². The summed E-state index contributed by atoms with van der Waals surface area (Å²) in [5.74, 6) is -1.05. The van der Waals surface area contributed by atoms with Crippen molar-refractivity contribution in [1.29, 1.82) is 0 Å². The summed E-state index contributed by atoms with van der Waals surface area (Å²) in [5, 5.41) is 18.2. The Morgan fingerprint density at radius 1 is 0.660 bits per heavy atom. The lowest BCUT2D eigenvalue weighted by Crippen LogP contribution is -2.29. The molecule has 0 saturated heterocycles. The maximum absolute atomic E-state index is 12.4. The van der Waals surface area contributed by atoms with E-state index >= 15 is 0 Å². The van der Waals surface area contributed by atoms with Crippen LogP contribution in [0.4, 0.5) is 0 Å². The zero-order valence-corrected chi connectivity index (χ0v) is 29.4. The summed E-state index contributed by atoms with van der Waals surface area (Å²) >= 11 is 0. The molecule has 0 aromatic heterocycles. The zero-order chi connectivity index (χ0) is 34.9. The molecule has 0 aromatic carbocycles. The van der Waals surface area contributed by atoms with Crippen LogP contribution in [0.1, 0.15) is 104 Å². The Balaban J connectivity index is 4.48. The summed E-state index contributed by atoms with van der Waals surface area (Å²) in [6.07, 6.45) is 33.7. The first-order chi connectivity index (χ1) is 22.7. The molecule has 0 amide bonds. The number of esters is 2. The first-order valence-electron chi connectivity index (χ1n) is 16.9. The van der Waals surface area contributed by atoms with Crippen LogP contribution in [0.2, 0.25) is 0 Å². The van der Waals surface area contributed by atoms with Crippen LogP contribution in [0.3, 0.4) is 0 Å². The monoisotopic (exact) mass is 682 g/mol. The summed E-state index contributed by atoms with van der Waals surface area (Å²) < 4.78 is 32.2. The number of ether oxygens (including phenoxy) is 2. The molecule has 0 fully saturated rings. The molecule has 3 atom stereocenters. The molecule has 0 aliphatic rings. The van der Waals surface area contributed by atoms with E-state index in [4.69, 9.17) is 19.1 Å². The van der Waals surface area contributed by atoms with Crippen LogP contribution in [0.5, 0.6) is 0 Å². The van der Waals surface area contributed by atoms with Crippen LogP contribution >= 0.6 is 7.82 Å². The summed E-state index contributed by atoms with van der Waals surface area (Å²) in [4.78, 5) is 34.4. The van der Waals surface area contributed by atoms with Gasteiger partial charge in [0.1, 0.15) is 12.7 Å². The number of carbonyl (C=O) groups is 2. The fourth-order valence-electron chi connectivity index (χ4n) is 3.78. The topological polar surface area (TPSA) is 149 Å². The minimum atomic E-state index is -4.62. The molecule has 0 aliphatic carbocycles. The molecule has 0 saturated carbocycles. The quantitative estimate of drug-likeness (QED) is 0.0297. The van der Waals surface area contributed by atoms with Gasteiger partial charge in [-0.25, -0.2) is 4.57 Å². The summed E-state index contributed by atoms with van der Waals surface area (Å²) in [7, 11) is -4.62. The molecule has 3 unspecified atom stereocenters. The Kier molecular flexibility index (Phi) is 30.2. The Morgan fingerprint density at radius 3 is 1.70 bits per heavy atom. The second-order valence-electron chi connectivity index (χ2n) is 10.8. The zero-order valence-electron chi connectivity index (χ0n) is 28.5. The standard InChI is InChI=1S/C36H59O10P/c1-3-5-7-9-10-11-12-13-14-15-16-17-18-19-20-21-22-24-26-28-36(40)46-34(31-43-35(39)27-25-23-8-6-4-2)32-45-47(41,42)44-30-33(38)29-37/h5,7,10-11,13-14,16-17,19-20,22,24,33-34,37-38H,3-4,6,8-9,12,15,18,21,23,25-32H2,1-2H3,(H,41,42)/b7-5-,11-10-,14-13-,17-16-,20-19-,24-22-. The van der Waals surface area contributed by atoms with Crippen LogP contribution in [0.15, 0.2) is 72.9 Å². The number of carbonyl (C=O) groups excluding carboxylic acids is 2. The van der Waals surface area contributed by atoms with Crippen molar-refractivity contribution in [3.05, 3.63) is 72.9 Å². The highest BCUT2D eigenvalue weighted by Gasteiger charge is 2.27. The van der Waals surface area contributed by atoms with Gasteiger partial charge >= 0.3 is 19.8 Å². The highest BCUT2D eigenvalue weighted by molar-refractivity contribution is 7.47. The highest BCUT2D eigenvalue weighted by atomic mass is 31.2. The van der Waals surface area contributed by atoms with Gasteiger partial charge in [-0.3, -0.25) is 18.6 Å². The number of phosphoric acid groups is 1. The van der Waals surface area contributed by atoms with E-state index in [1.54, 1.807) is 0 Å². The largest absolute Gasteiger partial charge is 0.472 e. The van der Waals surface area contributed by atoms with Crippen LogP contribution in [-0.4, -0.2) is 65.7 Å². The fraction of sp³-hybridized carbons (Fsp3) is 0.611. The summed E-state index contributed by atoms with van der Waals surface area (Å²) in [6.45, 7) is 2.02. The number of unbranched alkanes of at least 4 members (excludes halogenated alkanes) is 4. The predicted molar refractivity (Wildman–Crippen MR) is 186 cm³/mol. The van der Waals surface area contributed by atoms with Crippen molar-refractivity contribution >= 4 is 19.8 Å². The van der Waals surface area contributed by atoms with Crippen LogP contribution < -0.4 is 0 Å². The van der Waals surface area contributed by atoms with Gasteiger partial charge in [-0.15, -0.1) is 0 Å². The lowest BCUT2D eigenvalue weighted by atomic mass is 10.1. The lowest BCUT2D eigenvalue weighted by Gasteiger charge is -2.20. The average molecular weight is 683 g/mol. The van der Waals surface area contributed by atoms with Crippen molar-refractivity contribution < 1.29 is 47.8 Å². The number of phosphoric ester groups is 1. The number of aliphatic hydroxyl groups excluding tert-OH is 2. The number of allylic oxidation sites excluding steroid dienone is 12. The second-order valence-corrected chi connectivity index (χ2v) is 12.3. The van der Waals surface area contributed by atoms with Gasteiger partial charge in [0.25, 0.3) is 0 Å². The molecule has 10 nitrogen and oxygen atoms in total. The van der Waals surface area contributed by atoms with Crippen molar-refractivity contribution in [3.8, 4) is 0 Å². The Bertz CT molecular complexity index is 1020. The molecule has 268 valence electrons. The molecule has 3 N–H and O–H groups in total. The Morgan fingerprint density at radius 2 is 1.17 bits per heavy atom. The molecule has 47 heavy (non-hydrogen) atoms. The lowest BCUT2D eigenvalue weighted by molar-refractivity contribution is -0.161. The van der Waals surface area contributed by atoms with Gasteiger partial charge in [-0.2, -0.15) is 0 Å². The van der Waals surface area contributed by atoms with Crippen molar-refractivity contribution in [2.45, 2.75) is 116 Å². The second kappa shape index (κ2) is 32.0. The van der Waals surface area contributed by atoms with Crippen molar-refractivity contribution in [2.24, 2.45) is 0 Å². The van der Waals surface area contributed by atoms with Crippen molar-refractivity contribution in [1.82, 2.24) is 0 Å². The number of hydrogen-bond acceptors (Lipinski definition) is 9. The molecule has 0 aliphatic heterocycles. The number of aliphatic hydroxyl groups is 2. The molecular formula is C36H59O10P. The van der Waals surface area contributed by atoms with Gasteiger partial charge in [0.05, 0.1) is 19.8 Å². The van der Waals surface area contributed by atoms with Gasteiger partial charge in [0.2, 0.25) is 0 Å². The number of rotatable bonds is 30. The molecule has 0 radical (unpaired) electrons. The third-order valence-electron chi connectivity index (χ3n) is 6.39. The number of hydrogen-bond donors (Lipinski definition) is 3. The van der Waals surface area contributed by atoms with Crippen LogP contribution in [0, 0.1) is 0 Å². The van der Waals surface area contributed by atoms with Gasteiger partial charge < -0.3 is 24.6 Å². The van der Waals surface area contributed by atoms with E-state index in [1.807, 2.05) is 18.2 Å². The molecule has 0 rings (SSSR count). The van der Waals surface area contributed by atoms with E-state index in [9.17, 15) is 24.2 Å². The van der Waals surface area contributed by atoms with Crippen LogP contribution in [-0.2, 0) is 32.7 Å². The molecule has 0 aromatic rings. The van der Waals surface area contributed by atoms with E-state index in [2.05, 4.69) is 73.1 Å². The first kappa shape index (κ1) is 44.4. The maximum atomic E-state index is 12.4. The van der Waals surface area contributed by atoms with Gasteiger partial charge in [0, 0.05) is 12.8 Å².